The first-order chi connectivity index (χ1) is 16.5. The summed E-state index contributed by atoms with van der Waals surface area (Å²) in [5.74, 6) is 2.94. The van der Waals surface area contributed by atoms with Crippen molar-refractivity contribution in [3.8, 4) is 17.2 Å². The number of ether oxygens (including phenoxy) is 1. The Kier molecular flexibility index (Phi) is 6.31. The summed E-state index contributed by atoms with van der Waals surface area (Å²) in [5.41, 5.74) is 2.96. The minimum Gasteiger partial charge on any atom is -0.491 e. The Morgan fingerprint density at radius 2 is 1.71 bits per heavy atom. The van der Waals surface area contributed by atoms with E-state index in [1.54, 1.807) is 12.1 Å². The highest BCUT2D eigenvalue weighted by Crippen LogP contribution is 2.43. The highest BCUT2D eigenvalue weighted by molar-refractivity contribution is 5.82. The van der Waals surface area contributed by atoms with E-state index in [0.717, 1.165) is 47.9 Å². The number of nitrogens with zero attached hydrogens (tertiary/aromatic N) is 3. The Morgan fingerprint density at radius 1 is 0.941 bits per heavy atom. The number of rotatable bonds is 6. The molecule has 1 atom stereocenters. The van der Waals surface area contributed by atoms with Gasteiger partial charge in [0, 0.05) is 23.1 Å². The first-order valence-corrected chi connectivity index (χ1v) is 12.1. The SMILES string of the molecule is CC(C)Oc1ccc(-c2nnc([C@H](C)C3CCC(c4ccnc5ccc(F)cc45)CC3)o2)cc1. The number of fused-ring (bicyclic) bond motifs is 1. The molecule has 0 aliphatic heterocycles. The van der Waals surface area contributed by atoms with E-state index in [4.69, 9.17) is 9.15 Å². The van der Waals surface area contributed by atoms with Gasteiger partial charge in [0.2, 0.25) is 11.8 Å². The molecule has 5 rings (SSSR count). The normalized spacial score (nSPS) is 19.4. The third-order valence-electron chi connectivity index (χ3n) is 6.96. The molecule has 1 aliphatic rings. The molecule has 2 heterocycles. The van der Waals surface area contributed by atoms with Crippen LogP contribution in [0.1, 0.15) is 69.7 Å². The molecule has 0 spiro atoms. The molecule has 34 heavy (non-hydrogen) atoms. The van der Waals surface area contributed by atoms with Gasteiger partial charge in [-0.3, -0.25) is 4.98 Å². The maximum atomic E-state index is 13.9. The summed E-state index contributed by atoms with van der Waals surface area (Å²) in [6.45, 7) is 6.19. The fourth-order valence-corrected chi connectivity index (χ4v) is 5.11. The summed E-state index contributed by atoms with van der Waals surface area (Å²) in [7, 11) is 0. The predicted octanol–water partition coefficient (Wildman–Crippen LogP) is 7.29. The Hall–Kier alpha value is -3.28. The van der Waals surface area contributed by atoms with Gasteiger partial charge >= 0.3 is 0 Å². The molecule has 0 N–H and O–H groups in total. The lowest BCUT2D eigenvalue weighted by atomic mass is 9.74. The van der Waals surface area contributed by atoms with E-state index in [9.17, 15) is 4.39 Å². The molecule has 1 aliphatic carbocycles. The second-order valence-corrected chi connectivity index (χ2v) is 9.60. The van der Waals surface area contributed by atoms with Crippen LogP contribution in [-0.2, 0) is 0 Å². The molecule has 0 unspecified atom stereocenters. The highest BCUT2D eigenvalue weighted by Gasteiger charge is 2.30. The van der Waals surface area contributed by atoms with Crippen molar-refractivity contribution in [1.82, 2.24) is 15.2 Å². The third-order valence-corrected chi connectivity index (χ3v) is 6.96. The predicted molar refractivity (Wildman–Crippen MR) is 130 cm³/mol. The number of hydrogen-bond donors (Lipinski definition) is 0. The first-order valence-electron chi connectivity index (χ1n) is 12.1. The third kappa shape index (κ3) is 4.67. The molecular weight excluding hydrogens is 429 g/mol. The van der Waals surface area contributed by atoms with Gasteiger partial charge in [-0.2, -0.15) is 0 Å². The molecule has 2 aromatic heterocycles. The van der Waals surface area contributed by atoms with E-state index >= 15 is 0 Å². The lowest BCUT2D eigenvalue weighted by Crippen LogP contribution is -2.18. The fraction of sp³-hybridized carbons (Fsp3) is 0.393. The van der Waals surface area contributed by atoms with Gasteiger partial charge in [0.05, 0.1) is 11.6 Å². The second kappa shape index (κ2) is 9.53. The van der Waals surface area contributed by atoms with Crippen molar-refractivity contribution < 1.29 is 13.5 Å². The zero-order valence-corrected chi connectivity index (χ0v) is 19.9. The first kappa shape index (κ1) is 22.5. The van der Waals surface area contributed by atoms with Crippen LogP contribution in [0.2, 0.25) is 0 Å². The molecule has 6 heteroatoms. The van der Waals surface area contributed by atoms with Gasteiger partial charge in [0.1, 0.15) is 11.6 Å². The van der Waals surface area contributed by atoms with Crippen LogP contribution in [0.3, 0.4) is 0 Å². The Bertz CT molecular complexity index is 1260. The largest absolute Gasteiger partial charge is 0.491 e. The van der Waals surface area contributed by atoms with Gasteiger partial charge in [0.15, 0.2) is 0 Å². The zero-order valence-electron chi connectivity index (χ0n) is 19.9. The molecule has 0 amide bonds. The number of halogens is 1. The molecular formula is C28H30FN3O2. The quantitative estimate of drug-likeness (QED) is 0.303. The summed E-state index contributed by atoms with van der Waals surface area (Å²) in [5, 5.41) is 9.60. The molecule has 1 fully saturated rings. The highest BCUT2D eigenvalue weighted by atomic mass is 19.1. The second-order valence-electron chi connectivity index (χ2n) is 9.60. The van der Waals surface area contributed by atoms with Crippen LogP contribution in [0.4, 0.5) is 4.39 Å². The van der Waals surface area contributed by atoms with Gasteiger partial charge in [-0.25, -0.2) is 4.39 Å². The molecule has 176 valence electrons. The monoisotopic (exact) mass is 459 g/mol. The van der Waals surface area contributed by atoms with Gasteiger partial charge < -0.3 is 9.15 Å². The Morgan fingerprint density at radius 3 is 2.44 bits per heavy atom. The van der Waals surface area contributed by atoms with Crippen molar-refractivity contribution in [3.05, 3.63) is 72.0 Å². The molecule has 0 radical (unpaired) electrons. The average Bonchev–Trinajstić information content (AvgIpc) is 3.34. The van der Waals surface area contributed by atoms with E-state index in [-0.39, 0.29) is 17.8 Å². The van der Waals surface area contributed by atoms with Gasteiger partial charge in [-0.15, -0.1) is 10.2 Å². The van der Waals surface area contributed by atoms with Crippen molar-refractivity contribution >= 4 is 10.9 Å². The standard InChI is InChI=1S/C28H30FN3O2/c1-17(2)33-23-11-8-21(9-12-23)28-32-31-27(34-28)18(3)19-4-6-20(7-5-19)24-14-15-30-26-13-10-22(29)16-25(24)26/h8-20H,4-7H2,1-3H3/t18-,19?,20?/m1/s1. The topological polar surface area (TPSA) is 61.0 Å². The summed E-state index contributed by atoms with van der Waals surface area (Å²) < 4.78 is 25.7. The number of benzene rings is 2. The van der Waals surface area contributed by atoms with E-state index in [2.05, 4.69) is 28.2 Å². The molecule has 2 aromatic carbocycles. The fourth-order valence-electron chi connectivity index (χ4n) is 5.11. The van der Waals surface area contributed by atoms with E-state index in [1.165, 1.54) is 11.6 Å². The van der Waals surface area contributed by atoms with Gasteiger partial charge in [-0.1, -0.05) is 6.92 Å². The number of pyridine rings is 1. The summed E-state index contributed by atoms with van der Waals surface area (Å²) in [6.07, 6.45) is 6.24. The van der Waals surface area contributed by atoms with Crippen LogP contribution in [0.15, 0.2) is 59.1 Å². The summed E-state index contributed by atoms with van der Waals surface area (Å²) in [4.78, 5) is 4.40. The van der Waals surface area contributed by atoms with Gasteiger partial charge in [-0.05, 0) is 105 Å². The van der Waals surface area contributed by atoms with Crippen molar-refractivity contribution in [1.29, 1.82) is 0 Å². The van der Waals surface area contributed by atoms with Crippen molar-refractivity contribution in [3.63, 3.8) is 0 Å². The molecule has 0 bridgehead atoms. The Balaban J connectivity index is 1.25. The lowest BCUT2D eigenvalue weighted by molar-refractivity contribution is 0.242. The van der Waals surface area contributed by atoms with Crippen LogP contribution in [0, 0.1) is 11.7 Å². The van der Waals surface area contributed by atoms with Crippen LogP contribution in [0.5, 0.6) is 5.75 Å². The van der Waals surface area contributed by atoms with Crippen molar-refractivity contribution in [2.45, 2.75) is 64.4 Å². The maximum absolute atomic E-state index is 13.9. The summed E-state index contributed by atoms with van der Waals surface area (Å²) >= 11 is 0. The van der Waals surface area contributed by atoms with Crippen molar-refractivity contribution in [2.75, 3.05) is 0 Å². The molecule has 1 saturated carbocycles. The van der Waals surface area contributed by atoms with E-state index in [1.807, 2.05) is 44.3 Å². The van der Waals surface area contributed by atoms with Crippen molar-refractivity contribution in [2.24, 2.45) is 5.92 Å². The lowest BCUT2D eigenvalue weighted by Gasteiger charge is -2.31. The van der Waals surface area contributed by atoms with Gasteiger partial charge in [0.25, 0.3) is 0 Å². The Labute approximate surface area is 199 Å². The van der Waals surface area contributed by atoms with E-state index in [0.29, 0.717) is 23.6 Å². The molecule has 0 saturated heterocycles. The maximum Gasteiger partial charge on any atom is 0.247 e. The molecule has 5 nitrogen and oxygen atoms in total. The smallest absolute Gasteiger partial charge is 0.247 e. The number of aromatic nitrogens is 3. The van der Waals surface area contributed by atoms with Crippen LogP contribution >= 0.6 is 0 Å². The van der Waals surface area contributed by atoms with Crippen LogP contribution in [0.25, 0.3) is 22.4 Å². The number of hydrogen-bond acceptors (Lipinski definition) is 5. The minimum absolute atomic E-state index is 0.134. The zero-order chi connectivity index (χ0) is 23.7. The average molecular weight is 460 g/mol. The molecule has 4 aromatic rings. The van der Waals surface area contributed by atoms with Crippen LogP contribution in [-0.4, -0.2) is 21.3 Å². The van der Waals surface area contributed by atoms with Crippen LogP contribution < -0.4 is 4.74 Å². The van der Waals surface area contributed by atoms with E-state index < -0.39 is 0 Å². The minimum atomic E-state index is -0.210. The summed E-state index contributed by atoms with van der Waals surface area (Å²) in [6, 6.07) is 14.7.